The van der Waals surface area contributed by atoms with Gasteiger partial charge in [-0.15, -0.1) is 0 Å². The van der Waals surface area contributed by atoms with Crippen LogP contribution in [0.15, 0.2) is 42.7 Å². The summed E-state index contributed by atoms with van der Waals surface area (Å²) in [5.41, 5.74) is 1.58. The first-order chi connectivity index (χ1) is 14.5. The summed E-state index contributed by atoms with van der Waals surface area (Å²) in [5, 5.41) is 7.29. The molecule has 1 aromatic carbocycles. The predicted octanol–water partition coefficient (Wildman–Crippen LogP) is 2.41. The van der Waals surface area contributed by atoms with Gasteiger partial charge in [-0.25, -0.2) is 0 Å². The zero-order valence-electron chi connectivity index (χ0n) is 17.5. The largest absolute Gasteiger partial charge is 0.375 e. The van der Waals surface area contributed by atoms with Gasteiger partial charge in [0.2, 0.25) is 5.91 Å². The molecule has 2 saturated heterocycles. The molecule has 1 atom stereocenters. The molecule has 2 aliphatic rings. The molecule has 0 radical (unpaired) electrons. The molecule has 4 rings (SSSR count). The molecule has 2 fully saturated rings. The summed E-state index contributed by atoms with van der Waals surface area (Å²) in [6.07, 6.45) is 7.24. The lowest BCUT2D eigenvalue weighted by atomic mass is 9.79. The van der Waals surface area contributed by atoms with Crippen molar-refractivity contribution in [2.75, 3.05) is 26.2 Å². The molecule has 7 heteroatoms. The number of rotatable bonds is 5. The number of likely N-dealkylation sites (tertiary alicyclic amines) is 1. The monoisotopic (exact) mass is 410 g/mol. The van der Waals surface area contributed by atoms with Crippen molar-refractivity contribution >= 4 is 11.8 Å². The molecule has 0 saturated carbocycles. The molecule has 3 heterocycles. The molecule has 2 aliphatic heterocycles. The van der Waals surface area contributed by atoms with Crippen molar-refractivity contribution in [2.24, 2.45) is 5.92 Å². The Hall–Kier alpha value is -2.67. The minimum Gasteiger partial charge on any atom is -0.375 e. The third kappa shape index (κ3) is 4.90. The maximum atomic E-state index is 12.6. The van der Waals surface area contributed by atoms with E-state index >= 15 is 0 Å². The number of hydrogen-bond acceptors (Lipinski definition) is 4. The number of hydrogen-bond donors (Lipinski definition) is 1. The van der Waals surface area contributed by atoms with E-state index in [1.165, 1.54) is 0 Å². The van der Waals surface area contributed by atoms with Crippen LogP contribution in [0.2, 0.25) is 0 Å². The lowest BCUT2D eigenvalue weighted by Crippen LogP contribution is -2.52. The number of piperidine rings is 1. The summed E-state index contributed by atoms with van der Waals surface area (Å²) in [4.78, 5) is 26.9. The average Bonchev–Trinajstić information content (AvgIpc) is 3.17. The third-order valence-corrected chi connectivity index (χ3v) is 6.27. The van der Waals surface area contributed by atoms with Crippen molar-refractivity contribution in [2.45, 2.75) is 44.8 Å². The molecular weight excluding hydrogens is 380 g/mol. The SMILES string of the molecule is Cc1cnn(CC(=O)N2CCC3(CC2)CC(CNC(=O)c2ccccc2)CCO3)c1. The van der Waals surface area contributed by atoms with Gasteiger partial charge in [-0.1, -0.05) is 18.2 Å². The molecule has 160 valence electrons. The van der Waals surface area contributed by atoms with E-state index in [0.717, 1.165) is 31.2 Å². The van der Waals surface area contributed by atoms with Gasteiger partial charge in [-0.05, 0) is 56.2 Å². The second kappa shape index (κ2) is 9.00. The van der Waals surface area contributed by atoms with E-state index in [1.807, 2.05) is 48.4 Å². The fourth-order valence-electron chi connectivity index (χ4n) is 4.54. The highest BCUT2D eigenvalue weighted by molar-refractivity contribution is 5.94. The van der Waals surface area contributed by atoms with E-state index in [0.29, 0.717) is 37.7 Å². The molecule has 0 bridgehead atoms. The summed E-state index contributed by atoms with van der Waals surface area (Å²) in [6, 6.07) is 9.32. The van der Waals surface area contributed by atoms with Gasteiger partial charge in [0.15, 0.2) is 0 Å². The van der Waals surface area contributed by atoms with E-state index in [2.05, 4.69) is 10.4 Å². The van der Waals surface area contributed by atoms with Crippen molar-refractivity contribution in [3.63, 3.8) is 0 Å². The quantitative estimate of drug-likeness (QED) is 0.821. The van der Waals surface area contributed by atoms with Gasteiger partial charge >= 0.3 is 0 Å². The van der Waals surface area contributed by atoms with Crippen LogP contribution in [0.25, 0.3) is 0 Å². The van der Waals surface area contributed by atoms with Crippen LogP contribution < -0.4 is 5.32 Å². The number of nitrogens with zero attached hydrogens (tertiary/aromatic N) is 3. The standard InChI is InChI=1S/C23H30N4O3/c1-18-14-25-27(16-18)17-21(28)26-10-8-23(9-11-26)13-19(7-12-30-23)15-24-22(29)20-5-3-2-4-6-20/h2-6,14,16,19H,7-13,15,17H2,1H3,(H,24,29). The smallest absolute Gasteiger partial charge is 0.251 e. The lowest BCUT2D eigenvalue weighted by molar-refractivity contribution is -0.147. The normalized spacial score (nSPS) is 20.8. The summed E-state index contributed by atoms with van der Waals surface area (Å²) in [5.74, 6) is 0.488. The Bertz CT molecular complexity index is 872. The van der Waals surface area contributed by atoms with E-state index in [1.54, 1.807) is 10.9 Å². The minimum atomic E-state index is -0.167. The number of nitrogens with one attached hydrogen (secondary N) is 1. The molecule has 2 amide bonds. The first kappa shape index (κ1) is 20.6. The van der Waals surface area contributed by atoms with Gasteiger partial charge in [0, 0.05) is 38.0 Å². The lowest BCUT2D eigenvalue weighted by Gasteiger charge is -2.46. The van der Waals surface area contributed by atoms with Crippen molar-refractivity contribution in [3.05, 3.63) is 53.9 Å². The Morgan fingerprint density at radius 3 is 2.70 bits per heavy atom. The Labute approximate surface area is 177 Å². The van der Waals surface area contributed by atoms with Gasteiger partial charge in [-0.3, -0.25) is 14.3 Å². The number of aromatic nitrogens is 2. The molecule has 1 unspecified atom stereocenters. The zero-order valence-corrected chi connectivity index (χ0v) is 17.5. The van der Waals surface area contributed by atoms with Crippen molar-refractivity contribution in [3.8, 4) is 0 Å². The van der Waals surface area contributed by atoms with Crippen LogP contribution >= 0.6 is 0 Å². The maximum Gasteiger partial charge on any atom is 0.251 e. The summed E-state index contributed by atoms with van der Waals surface area (Å²) < 4.78 is 7.91. The number of carbonyl (C=O) groups excluding carboxylic acids is 2. The van der Waals surface area contributed by atoms with E-state index in [-0.39, 0.29) is 24.0 Å². The second-order valence-corrected chi connectivity index (χ2v) is 8.56. The Morgan fingerprint density at radius 1 is 1.23 bits per heavy atom. The third-order valence-electron chi connectivity index (χ3n) is 6.27. The first-order valence-electron chi connectivity index (χ1n) is 10.8. The predicted molar refractivity (Wildman–Crippen MR) is 113 cm³/mol. The molecule has 1 spiro atoms. The topological polar surface area (TPSA) is 76.5 Å². The molecule has 1 aromatic heterocycles. The Morgan fingerprint density at radius 2 is 2.00 bits per heavy atom. The fraction of sp³-hybridized carbons (Fsp3) is 0.522. The minimum absolute atomic E-state index is 0.0228. The number of aryl methyl sites for hydroxylation is 1. The number of amides is 2. The number of benzene rings is 1. The van der Waals surface area contributed by atoms with Gasteiger partial charge < -0.3 is 15.0 Å². The number of carbonyl (C=O) groups is 2. The highest BCUT2D eigenvalue weighted by Crippen LogP contribution is 2.37. The molecule has 30 heavy (non-hydrogen) atoms. The molecular formula is C23H30N4O3. The maximum absolute atomic E-state index is 12.6. The van der Waals surface area contributed by atoms with Crippen LogP contribution in [-0.4, -0.2) is 58.3 Å². The van der Waals surface area contributed by atoms with Crippen molar-refractivity contribution in [1.29, 1.82) is 0 Å². The Balaban J connectivity index is 1.26. The number of ether oxygens (including phenoxy) is 1. The van der Waals surface area contributed by atoms with Gasteiger partial charge in [0.1, 0.15) is 6.54 Å². The van der Waals surface area contributed by atoms with Crippen molar-refractivity contribution in [1.82, 2.24) is 20.0 Å². The van der Waals surface area contributed by atoms with Gasteiger partial charge in [0.05, 0.1) is 11.8 Å². The average molecular weight is 411 g/mol. The molecule has 7 nitrogen and oxygen atoms in total. The highest BCUT2D eigenvalue weighted by Gasteiger charge is 2.41. The zero-order chi connectivity index (χ0) is 21.0. The van der Waals surface area contributed by atoms with Gasteiger partial charge in [0.25, 0.3) is 5.91 Å². The van der Waals surface area contributed by atoms with Crippen LogP contribution in [0.1, 0.15) is 41.6 Å². The van der Waals surface area contributed by atoms with Gasteiger partial charge in [-0.2, -0.15) is 5.10 Å². The summed E-state index contributed by atoms with van der Waals surface area (Å²) in [7, 11) is 0. The second-order valence-electron chi connectivity index (χ2n) is 8.56. The molecule has 1 N–H and O–H groups in total. The summed E-state index contributed by atoms with van der Waals surface area (Å²) in [6.45, 7) is 5.06. The van der Waals surface area contributed by atoms with Crippen molar-refractivity contribution < 1.29 is 14.3 Å². The van der Waals surface area contributed by atoms with Crippen LogP contribution in [-0.2, 0) is 16.1 Å². The van der Waals surface area contributed by atoms with E-state index < -0.39 is 0 Å². The van der Waals surface area contributed by atoms with Crippen LogP contribution in [0.3, 0.4) is 0 Å². The fourth-order valence-corrected chi connectivity index (χ4v) is 4.54. The first-order valence-corrected chi connectivity index (χ1v) is 10.8. The highest BCUT2D eigenvalue weighted by atomic mass is 16.5. The van der Waals surface area contributed by atoms with E-state index in [4.69, 9.17) is 4.74 Å². The van der Waals surface area contributed by atoms with Crippen LogP contribution in [0, 0.1) is 12.8 Å². The Kier molecular flexibility index (Phi) is 6.18. The van der Waals surface area contributed by atoms with Crippen LogP contribution in [0.5, 0.6) is 0 Å². The summed E-state index contributed by atoms with van der Waals surface area (Å²) >= 11 is 0. The molecule has 0 aliphatic carbocycles. The van der Waals surface area contributed by atoms with E-state index in [9.17, 15) is 9.59 Å². The molecule has 2 aromatic rings. The van der Waals surface area contributed by atoms with Crippen LogP contribution in [0.4, 0.5) is 0 Å².